The number of ether oxygens (including phenoxy) is 2. The van der Waals surface area contributed by atoms with Crippen LogP contribution >= 0.6 is 0 Å². The van der Waals surface area contributed by atoms with Crippen molar-refractivity contribution in [1.29, 1.82) is 0 Å². The minimum Gasteiger partial charge on any atom is -0.487 e. The van der Waals surface area contributed by atoms with E-state index in [1.54, 1.807) is 14.0 Å². The molecule has 0 aliphatic carbocycles. The second kappa shape index (κ2) is 9.25. The molecule has 0 aromatic heterocycles. The summed E-state index contributed by atoms with van der Waals surface area (Å²) in [6.07, 6.45) is 0. The summed E-state index contributed by atoms with van der Waals surface area (Å²) in [5.74, 6) is 0.274. The Kier molecular flexibility index (Phi) is 6.68. The first-order chi connectivity index (χ1) is 14.7. The quantitative estimate of drug-likeness (QED) is 0.696. The van der Waals surface area contributed by atoms with Crippen LogP contribution in [0.2, 0.25) is 0 Å². The lowest BCUT2D eigenvalue weighted by Crippen LogP contribution is -2.48. The minimum atomic E-state index is -0.610. The Hall–Kier alpha value is -3.28. The summed E-state index contributed by atoms with van der Waals surface area (Å²) in [5.41, 5.74) is 5.99. The number of likely N-dealkylation sites (N-methyl/N-ethyl adjacent to an activating group) is 1. The van der Waals surface area contributed by atoms with Gasteiger partial charge in [0.25, 0.3) is 0 Å². The van der Waals surface area contributed by atoms with Crippen molar-refractivity contribution in [3.63, 3.8) is 0 Å². The number of nitrogens with one attached hydrogen (secondary N) is 1. The number of carbonyl (C=O) groups excluding carboxylic acids is 2. The summed E-state index contributed by atoms with van der Waals surface area (Å²) in [7, 11) is 1.63. The molecule has 0 saturated carbocycles. The highest BCUT2D eigenvalue weighted by Gasteiger charge is 2.37. The molecule has 3 rings (SSSR count). The van der Waals surface area contributed by atoms with E-state index in [2.05, 4.69) is 11.4 Å². The predicted molar refractivity (Wildman–Crippen MR) is 120 cm³/mol. The standard InChI is InChI=1S/C25H30N2O4/c1-7-30-24(28)22-20(14-31-21-13-16(3)11-17(4)18(21)5)27(6)25(29)26-23(22)19-10-8-9-15(2)12-19/h8-13,23H,7,14H2,1-6H3,(H,26,29)/t23-/m0/s1. The fourth-order valence-corrected chi connectivity index (χ4v) is 3.78. The van der Waals surface area contributed by atoms with Crippen LogP contribution in [0, 0.1) is 27.7 Å². The van der Waals surface area contributed by atoms with E-state index in [9.17, 15) is 9.59 Å². The Balaban J connectivity index is 2.07. The molecule has 0 spiro atoms. The highest BCUT2D eigenvalue weighted by Crippen LogP contribution is 2.32. The summed E-state index contributed by atoms with van der Waals surface area (Å²) in [5, 5.41) is 2.93. The van der Waals surface area contributed by atoms with Crippen molar-refractivity contribution < 1.29 is 19.1 Å². The number of benzene rings is 2. The van der Waals surface area contributed by atoms with Gasteiger partial charge in [-0.15, -0.1) is 0 Å². The number of rotatable bonds is 6. The number of amides is 2. The van der Waals surface area contributed by atoms with Crippen molar-refractivity contribution in [3.8, 4) is 5.75 Å². The summed E-state index contributed by atoms with van der Waals surface area (Å²) in [6, 6.07) is 10.9. The predicted octanol–water partition coefficient (Wildman–Crippen LogP) is 4.51. The SMILES string of the molecule is CCOC(=O)C1=C(COc2cc(C)cc(C)c2C)N(C)C(=O)N[C@H]1c1cccc(C)c1. The Morgan fingerprint density at radius 3 is 2.52 bits per heavy atom. The largest absolute Gasteiger partial charge is 0.487 e. The number of urea groups is 1. The molecule has 0 saturated heterocycles. The van der Waals surface area contributed by atoms with Gasteiger partial charge < -0.3 is 14.8 Å². The summed E-state index contributed by atoms with van der Waals surface area (Å²) in [6.45, 7) is 10.1. The molecule has 1 aliphatic rings. The molecule has 0 unspecified atom stereocenters. The first kappa shape index (κ1) is 22.4. The van der Waals surface area contributed by atoms with Crippen molar-refractivity contribution in [2.45, 2.75) is 40.7 Å². The summed E-state index contributed by atoms with van der Waals surface area (Å²) >= 11 is 0. The van der Waals surface area contributed by atoms with E-state index in [1.807, 2.05) is 58.0 Å². The number of aryl methyl sites for hydroxylation is 3. The molecule has 0 radical (unpaired) electrons. The molecule has 0 fully saturated rings. The molecule has 164 valence electrons. The lowest BCUT2D eigenvalue weighted by Gasteiger charge is -2.34. The number of esters is 1. The number of nitrogens with zero attached hydrogens (tertiary/aromatic N) is 1. The van der Waals surface area contributed by atoms with Crippen LogP contribution in [0.1, 0.15) is 40.8 Å². The first-order valence-corrected chi connectivity index (χ1v) is 10.4. The highest BCUT2D eigenvalue weighted by molar-refractivity contribution is 5.95. The third kappa shape index (κ3) is 4.74. The zero-order valence-corrected chi connectivity index (χ0v) is 19.0. The molecule has 1 N–H and O–H groups in total. The van der Waals surface area contributed by atoms with Gasteiger partial charge in [-0.1, -0.05) is 35.9 Å². The highest BCUT2D eigenvalue weighted by atomic mass is 16.5. The molecule has 2 aromatic carbocycles. The van der Waals surface area contributed by atoms with E-state index < -0.39 is 12.0 Å². The molecule has 31 heavy (non-hydrogen) atoms. The molecular weight excluding hydrogens is 392 g/mol. The zero-order valence-electron chi connectivity index (χ0n) is 19.0. The van der Waals surface area contributed by atoms with E-state index in [4.69, 9.17) is 9.47 Å². The fraction of sp³-hybridized carbons (Fsp3) is 0.360. The van der Waals surface area contributed by atoms with Crippen molar-refractivity contribution in [3.05, 3.63) is 75.5 Å². The normalized spacial score (nSPS) is 16.3. The van der Waals surface area contributed by atoms with Gasteiger partial charge in [-0.25, -0.2) is 9.59 Å². The third-order valence-corrected chi connectivity index (χ3v) is 5.58. The third-order valence-electron chi connectivity index (χ3n) is 5.58. The maximum absolute atomic E-state index is 13.0. The molecular formula is C25H30N2O4. The molecule has 1 aliphatic heterocycles. The average Bonchev–Trinajstić information content (AvgIpc) is 2.72. The van der Waals surface area contributed by atoms with Gasteiger partial charge in [0.1, 0.15) is 12.4 Å². The van der Waals surface area contributed by atoms with Gasteiger partial charge in [0.2, 0.25) is 0 Å². The van der Waals surface area contributed by atoms with Gasteiger partial charge in [-0.05, 0) is 62.9 Å². The minimum absolute atomic E-state index is 0.0735. The van der Waals surface area contributed by atoms with Gasteiger partial charge >= 0.3 is 12.0 Å². The van der Waals surface area contributed by atoms with Gasteiger partial charge in [0.05, 0.1) is 23.9 Å². The van der Waals surface area contributed by atoms with Crippen LogP contribution in [-0.2, 0) is 9.53 Å². The monoisotopic (exact) mass is 422 g/mol. The average molecular weight is 423 g/mol. The number of hydrogen-bond donors (Lipinski definition) is 1. The Labute approximate surface area is 183 Å². The molecule has 6 nitrogen and oxygen atoms in total. The molecule has 2 amide bonds. The smallest absolute Gasteiger partial charge is 0.338 e. The maximum Gasteiger partial charge on any atom is 0.338 e. The van der Waals surface area contributed by atoms with E-state index in [0.29, 0.717) is 11.3 Å². The van der Waals surface area contributed by atoms with Gasteiger partial charge in [-0.3, -0.25) is 4.90 Å². The van der Waals surface area contributed by atoms with E-state index in [1.165, 1.54) is 4.90 Å². The van der Waals surface area contributed by atoms with Crippen LogP contribution in [0.3, 0.4) is 0 Å². The van der Waals surface area contributed by atoms with Crippen molar-refractivity contribution >= 4 is 12.0 Å². The van der Waals surface area contributed by atoms with Crippen LogP contribution in [-0.4, -0.2) is 37.2 Å². The molecule has 1 atom stereocenters. The zero-order chi connectivity index (χ0) is 22.7. The Bertz CT molecular complexity index is 1040. The second-order valence-corrected chi connectivity index (χ2v) is 7.93. The maximum atomic E-state index is 13.0. The Morgan fingerprint density at radius 2 is 1.84 bits per heavy atom. The molecule has 2 aromatic rings. The first-order valence-electron chi connectivity index (χ1n) is 10.4. The van der Waals surface area contributed by atoms with Gasteiger partial charge in [0, 0.05) is 7.05 Å². The lowest BCUT2D eigenvalue weighted by molar-refractivity contribution is -0.139. The Morgan fingerprint density at radius 1 is 1.10 bits per heavy atom. The van der Waals surface area contributed by atoms with E-state index in [-0.39, 0.29) is 19.2 Å². The number of carbonyl (C=O) groups is 2. The summed E-state index contributed by atoms with van der Waals surface area (Å²) < 4.78 is 11.5. The van der Waals surface area contributed by atoms with E-state index in [0.717, 1.165) is 33.6 Å². The second-order valence-electron chi connectivity index (χ2n) is 7.93. The van der Waals surface area contributed by atoms with Crippen LogP contribution in [0.4, 0.5) is 4.79 Å². The molecule has 6 heteroatoms. The topological polar surface area (TPSA) is 67.9 Å². The van der Waals surface area contributed by atoms with Crippen LogP contribution < -0.4 is 10.1 Å². The van der Waals surface area contributed by atoms with Crippen molar-refractivity contribution in [2.24, 2.45) is 0 Å². The summed E-state index contributed by atoms with van der Waals surface area (Å²) in [4.78, 5) is 27.2. The molecule has 0 bridgehead atoms. The van der Waals surface area contributed by atoms with Crippen LogP contribution in [0.15, 0.2) is 47.7 Å². The van der Waals surface area contributed by atoms with Crippen molar-refractivity contribution in [2.75, 3.05) is 20.3 Å². The van der Waals surface area contributed by atoms with Crippen LogP contribution in [0.25, 0.3) is 0 Å². The fourth-order valence-electron chi connectivity index (χ4n) is 3.78. The van der Waals surface area contributed by atoms with Crippen LogP contribution in [0.5, 0.6) is 5.75 Å². The van der Waals surface area contributed by atoms with E-state index >= 15 is 0 Å². The van der Waals surface area contributed by atoms with Gasteiger partial charge in [-0.2, -0.15) is 0 Å². The van der Waals surface area contributed by atoms with Crippen molar-refractivity contribution in [1.82, 2.24) is 10.2 Å². The van der Waals surface area contributed by atoms with Gasteiger partial charge in [0.15, 0.2) is 0 Å². The molecule has 1 heterocycles. The number of hydrogen-bond acceptors (Lipinski definition) is 4. The lowest BCUT2D eigenvalue weighted by atomic mass is 9.94.